The van der Waals surface area contributed by atoms with Gasteiger partial charge in [0.05, 0.1) is 6.20 Å². The second kappa shape index (κ2) is 6.96. The molecule has 1 aromatic heterocycles. The monoisotopic (exact) mass is 312 g/mol. The van der Waals surface area contributed by atoms with Crippen molar-refractivity contribution in [3.63, 3.8) is 0 Å². The summed E-state index contributed by atoms with van der Waals surface area (Å²) in [5.74, 6) is -0.384. The van der Waals surface area contributed by atoms with Gasteiger partial charge in [0.1, 0.15) is 6.54 Å². The number of piperidine rings is 1. The molecule has 0 bridgehead atoms. The Hall–Kier alpha value is -2.14. The molecule has 1 aliphatic heterocycles. The highest BCUT2D eigenvalue weighted by Crippen LogP contribution is 2.26. The van der Waals surface area contributed by atoms with Crippen molar-refractivity contribution in [1.82, 2.24) is 14.7 Å². The third kappa shape index (κ3) is 3.79. The van der Waals surface area contributed by atoms with Crippen LogP contribution in [0.2, 0.25) is 0 Å². The highest BCUT2D eigenvalue weighted by Gasteiger charge is 2.18. The summed E-state index contributed by atoms with van der Waals surface area (Å²) in [4.78, 5) is 13.5. The molecule has 0 saturated carbocycles. The van der Waals surface area contributed by atoms with Gasteiger partial charge in [0, 0.05) is 17.8 Å². The molecular weight excluding hydrogens is 288 g/mol. The van der Waals surface area contributed by atoms with Crippen LogP contribution in [0.3, 0.4) is 0 Å². The van der Waals surface area contributed by atoms with E-state index in [2.05, 4.69) is 41.2 Å². The van der Waals surface area contributed by atoms with Crippen molar-refractivity contribution in [2.75, 3.05) is 13.1 Å². The number of hydrogen-bond donors (Lipinski definition) is 1. The third-order valence-electron chi connectivity index (χ3n) is 4.62. The van der Waals surface area contributed by atoms with E-state index in [1.165, 1.54) is 37.9 Å². The van der Waals surface area contributed by atoms with Crippen molar-refractivity contribution in [1.29, 1.82) is 0 Å². The van der Waals surface area contributed by atoms with Crippen LogP contribution in [0.25, 0.3) is 11.1 Å². The number of nitrogens with zero attached hydrogens (tertiary/aromatic N) is 3. The maximum Gasteiger partial charge on any atom is 0.239 e. The molecular formula is C18H24N4O. The molecule has 0 spiro atoms. The quantitative estimate of drug-likeness (QED) is 0.923. The molecule has 5 nitrogen and oxygen atoms in total. The molecule has 1 fully saturated rings. The van der Waals surface area contributed by atoms with E-state index in [0.29, 0.717) is 6.04 Å². The lowest BCUT2D eigenvalue weighted by Crippen LogP contribution is -2.32. The van der Waals surface area contributed by atoms with E-state index < -0.39 is 0 Å². The number of aromatic nitrogens is 2. The predicted molar refractivity (Wildman–Crippen MR) is 90.7 cm³/mol. The molecule has 2 heterocycles. The van der Waals surface area contributed by atoms with E-state index in [0.717, 1.165) is 11.1 Å². The molecule has 0 aliphatic carbocycles. The lowest BCUT2D eigenvalue weighted by molar-refractivity contribution is -0.118. The van der Waals surface area contributed by atoms with Gasteiger partial charge in [0.25, 0.3) is 0 Å². The smallest absolute Gasteiger partial charge is 0.239 e. The lowest BCUT2D eigenvalue weighted by Gasteiger charge is -2.32. The summed E-state index contributed by atoms with van der Waals surface area (Å²) in [6, 6.07) is 9.10. The number of primary amides is 1. The minimum absolute atomic E-state index is 0.115. The first-order valence-corrected chi connectivity index (χ1v) is 8.28. The zero-order chi connectivity index (χ0) is 16.2. The fraction of sp³-hybridized carbons (Fsp3) is 0.444. The number of rotatable bonds is 5. The topological polar surface area (TPSA) is 64.2 Å². The maximum atomic E-state index is 10.9. The second-order valence-corrected chi connectivity index (χ2v) is 6.29. The second-order valence-electron chi connectivity index (χ2n) is 6.29. The van der Waals surface area contributed by atoms with Crippen molar-refractivity contribution >= 4 is 5.91 Å². The van der Waals surface area contributed by atoms with Gasteiger partial charge in [0.15, 0.2) is 0 Å². The van der Waals surface area contributed by atoms with Crippen molar-refractivity contribution in [2.45, 2.75) is 38.8 Å². The first-order chi connectivity index (χ1) is 11.1. The van der Waals surface area contributed by atoms with Crippen LogP contribution < -0.4 is 5.73 Å². The Bertz CT molecular complexity index is 656. The van der Waals surface area contributed by atoms with Crippen LogP contribution in [0.4, 0.5) is 0 Å². The minimum Gasteiger partial charge on any atom is -0.368 e. The fourth-order valence-corrected chi connectivity index (χ4v) is 3.23. The molecule has 1 aromatic carbocycles. The first-order valence-electron chi connectivity index (χ1n) is 8.28. The maximum absolute atomic E-state index is 10.9. The molecule has 122 valence electrons. The SMILES string of the molecule is C[C@@H](c1ccc(-c2cnn(CC(N)=O)c2)cc1)N1CCCCC1. The van der Waals surface area contributed by atoms with Crippen LogP contribution in [-0.2, 0) is 11.3 Å². The van der Waals surface area contributed by atoms with Crippen LogP contribution >= 0.6 is 0 Å². The number of nitrogens with two attached hydrogens (primary N) is 1. The molecule has 2 N–H and O–H groups in total. The number of hydrogen-bond acceptors (Lipinski definition) is 3. The Morgan fingerprint density at radius 1 is 1.17 bits per heavy atom. The Balaban J connectivity index is 1.71. The van der Waals surface area contributed by atoms with Gasteiger partial charge >= 0.3 is 0 Å². The number of benzene rings is 1. The van der Waals surface area contributed by atoms with E-state index in [-0.39, 0.29) is 12.5 Å². The summed E-state index contributed by atoms with van der Waals surface area (Å²) in [5, 5.41) is 4.17. The average molecular weight is 312 g/mol. The molecule has 3 rings (SSSR count). The molecule has 1 amide bonds. The van der Waals surface area contributed by atoms with E-state index in [1.54, 1.807) is 10.9 Å². The van der Waals surface area contributed by atoms with Gasteiger partial charge in [-0.25, -0.2) is 0 Å². The van der Waals surface area contributed by atoms with Gasteiger partial charge in [-0.2, -0.15) is 5.10 Å². The summed E-state index contributed by atoms with van der Waals surface area (Å²) >= 11 is 0. The highest BCUT2D eigenvalue weighted by atomic mass is 16.1. The normalized spacial score (nSPS) is 17.1. The zero-order valence-electron chi connectivity index (χ0n) is 13.6. The largest absolute Gasteiger partial charge is 0.368 e. The number of amides is 1. The average Bonchev–Trinajstić information content (AvgIpc) is 3.03. The Labute approximate surface area is 137 Å². The van der Waals surface area contributed by atoms with Gasteiger partial charge in [-0.1, -0.05) is 30.7 Å². The highest BCUT2D eigenvalue weighted by molar-refractivity contribution is 5.73. The van der Waals surface area contributed by atoms with Crippen molar-refractivity contribution in [2.24, 2.45) is 5.73 Å². The Morgan fingerprint density at radius 3 is 2.52 bits per heavy atom. The van der Waals surface area contributed by atoms with E-state index in [9.17, 15) is 4.79 Å². The van der Waals surface area contributed by atoms with Crippen LogP contribution in [0.15, 0.2) is 36.7 Å². The number of likely N-dealkylation sites (tertiary alicyclic amines) is 1. The third-order valence-corrected chi connectivity index (χ3v) is 4.62. The Morgan fingerprint density at radius 2 is 1.87 bits per heavy atom. The van der Waals surface area contributed by atoms with Crippen LogP contribution in [0.1, 0.15) is 37.8 Å². The predicted octanol–water partition coefficient (Wildman–Crippen LogP) is 2.58. The van der Waals surface area contributed by atoms with E-state index >= 15 is 0 Å². The molecule has 1 aliphatic rings. The standard InChI is InChI=1S/C18H24N4O/c1-14(21-9-3-2-4-10-21)15-5-7-16(8-6-15)17-11-20-22(12-17)13-18(19)23/h5-8,11-12,14H,2-4,9-10,13H2,1H3,(H2,19,23)/t14-/m0/s1. The Kier molecular flexibility index (Phi) is 4.76. The molecule has 0 unspecified atom stereocenters. The zero-order valence-corrected chi connectivity index (χ0v) is 13.6. The summed E-state index contributed by atoms with van der Waals surface area (Å²) < 4.78 is 1.57. The number of carbonyl (C=O) groups excluding carboxylic acids is 1. The van der Waals surface area contributed by atoms with Gasteiger partial charge < -0.3 is 5.73 Å². The number of carbonyl (C=O) groups is 1. The van der Waals surface area contributed by atoms with E-state index in [1.807, 2.05) is 6.20 Å². The molecule has 0 radical (unpaired) electrons. The van der Waals surface area contributed by atoms with Crippen molar-refractivity contribution < 1.29 is 4.79 Å². The molecule has 1 atom stereocenters. The molecule has 23 heavy (non-hydrogen) atoms. The van der Waals surface area contributed by atoms with Crippen molar-refractivity contribution in [3.8, 4) is 11.1 Å². The van der Waals surface area contributed by atoms with E-state index in [4.69, 9.17) is 5.73 Å². The van der Waals surface area contributed by atoms with Gasteiger partial charge in [-0.05, 0) is 44.0 Å². The van der Waals surface area contributed by atoms with Gasteiger partial charge in [0.2, 0.25) is 5.91 Å². The van der Waals surface area contributed by atoms with Gasteiger partial charge in [-0.3, -0.25) is 14.4 Å². The summed E-state index contributed by atoms with van der Waals surface area (Å²) in [6.07, 6.45) is 7.60. The summed E-state index contributed by atoms with van der Waals surface area (Å²) in [6.45, 7) is 4.79. The molecule has 5 heteroatoms. The fourth-order valence-electron chi connectivity index (χ4n) is 3.23. The molecule has 2 aromatic rings. The summed E-state index contributed by atoms with van der Waals surface area (Å²) in [7, 11) is 0. The molecule has 1 saturated heterocycles. The van der Waals surface area contributed by atoms with Crippen LogP contribution in [0.5, 0.6) is 0 Å². The van der Waals surface area contributed by atoms with Crippen molar-refractivity contribution in [3.05, 3.63) is 42.2 Å². The van der Waals surface area contributed by atoms with Crippen LogP contribution in [0, 0.1) is 0 Å². The van der Waals surface area contributed by atoms with Gasteiger partial charge in [-0.15, -0.1) is 0 Å². The van der Waals surface area contributed by atoms with Crippen LogP contribution in [-0.4, -0.2) is 33.7 Å². The lowest BCUT2D eigenvalue weighted by atomic mass is 10.0. The summed E-state index contributed by atoms with van der Waals surface area (Å²) in [5.41, 5.74) is 8.65. The minimum atomic E-state index is -0.384. The first kappa shape index (κ1) is 15.7.